The molecule has 0 aromatic heterocycles. The Morgan fingerprint density at radius 3 is 1.67 bits per heavy atom. The minimum Gasteiger partial charge on any atom is -0.326 e. The Balaban J connectivity index is 0.000000640. The van der Waals surface area contributed by atoms with Crippen molar-refractivity contribution in [2.75, 3.05) is 27.2 Å². The molecule has 0 saturated carbocycles. The first-order valence-electron chi connectivity index (χ1n) is 2.68. The molecule has 1 aliphatic rings. The molecule has 54 valence electrons. The monoisotopic (exact) mass is 134 g/mol. The molecule has 9 heavy (non-hydrogen) atoms. The summed E-state index contributed by atoms with van der Waals surface area (Å²) in [5, 5.41) is 0. The van der Waals surface area contributed by atoms with Crippen LogP contribution in [0, 0.1) is 0 Å². The second kappa shape index (κ2) is 2.66. The van der Waals surface area contributed by atoms with E-state index in [0.717, 1.165) is 13.1 Å². The van der Waals surface area contributed by atoms with Gasteiger partial charge in [-0.05, 0) is 0 Å². The molecule has 1 rings (SSSR count). The minimum absolute atomic E-state index is 0. The number of halogens is 1. The van der Waals surface area contributed by atoms with Crippen molar-refractivity contribution >= 4 is 6.03 Å². The van der Waals surface area contributed by atoms with E-state index in [1.54, 1.807) is 9.80 Å². The van der Waals surface area contributed by atoms with Crippen LogP contribution in [-0.4, -0.2) is 43.0 Å². The molecule has 0 aromatic carbocycles. The normalized spacial score (nSPS) is 18.2. The lowest BCUT2D eigenvalue weighted by atomic mass is 10.6. The lowest BCUT2D eigenvalue weighted by molar-refractivity contribution is 0.205. The van der Waals surface area contributed by atoms with E-state index in [4.69, 9.17) is 0 Å². The molecule has 1 aliphatic heterocycles. The molecule has 0 aromatic rings. The van der Waals surface area contributed by atoms with E-state index >= 15 is 0 Å². The van der Waals surface area contributed by atoms with Gasteiger partial charge in [0, 0.05) is 27.2 Å². The summed E-state index contributed by atoms with van der Waals surface area (Å²) in [6, 6.07) is 0.130. The summed E-state index contributed by atoms with van der Waals surface area (Å²) in [4.78, 5) is 14.2. The zero-order valence-electron chi connectivity index (χ0n) is 5.63. The standard InChI is InChI=1S/C5H10N2O.FH/c1-6-3-4-7(2)5(6)8;/h3-4H2,1-2H3;1H. The highest BCUT2D eigenvalue weighted by atomic mass is 19.0. The first-order valence-corrected chi connectivity index (χ1v) is 2.68. The Hall–Kier alpha value is -0.800. The SMILES string of the molecule is CN1CCN(C)C1=O.F. The lowest BCUT2D eigenvalue weighted by Crippen LogP contribution is -2.25. The van der Waals surface area contributed by atoms with E-state index < -0.39 is 0 Å². The number of carbonyl (C=O) groups is 1. The Morgan fingerprint density at radius 2 is 1.56 bits per heavy atom. The van der Waals surface area contributed by atoms with Gasteiger partial charge in [0.2, 0.25) is 0 Å². The lowest BCUT2D eigenvalue weighted by Gasteiger charge is -2.07. The molecule has 4 heteroatoms. The van der Waals surface area contributed by atoms with Crippen molar-refractivity contribution in [2.24, 2.45) is 0 Å². The number of rotatable bonds is 0. The third kappa shape index (κ3) is 1.31. The summed E-state index contributed by atoms with van der Waals surface area (Å²) in [7, 11) is 3.62. The summed E-state index contributed by atoms with van der Waals surface area (Å²) in [6.07, 6.45) is 0. The van der Waals surface area contributed by atoms with Gasteiger partial charge in [0.05, 0.1) is 0 Å². The molecule has 0 atom stereocenters. The van der Waals surface area contributed by atoms with Crippen LogP contribution in [0.5, 0.6) is 0 Å². The number of hydrogen-bond donors (Lipinski definition) is 0. The zero-order chi connectivity index (χ0) is 6.15. The van der Waals surface area contributed by atoms with Crippen molar-refractivity contribution in [3.05, 3.63) is 0 Å². The van der Waals surface area contributed by atoms with E-state index in [1.165, 1.54) is 0 Å². The maximum atomic E-state index is 10.8. The van der Waals surface area contributed by atoms with Crippen LogP contribution in [0.4, 0.5) is 9.50 Å². The van der Waals surface area contributed by atoms with Crippen LogP contribution in [0.25, 0.3) is 0 Å². The fourth-order valence-electron chi connectivity index (χ4n) is 0.783. The first kappa shape index (κ1) is 8.20. The van der Waals surface area contributed by atoms with Crippen LogP contribution in [0.3, 0.4) is 0 Å². The quantitative estimate of drug-likeness (QED) is 0.462. The van der Waals surface area contributed by atoms with Crippen molar-refractivity contribution in [3.8, 4) is 0 Å². The number of carbonyl (C=O) groups excluding carboxylic acids is 1. The molecule has 1 saturated heterocycles. The van der Waals surface area contributed by atoms with Gasteiger partial charge >= 0.3 is 6.03 Å². The number of likely N-dealkylation sites (N-methyl/N-ethyl adjacent to an activating group) is 2. The van der Waals surface area contributed by atoms with E-state index in [-0.39, 0.29) is 10.7 Å². The number of amides is 2. The fraction of sp³-hybridized carbons (Fsp3) is 0.800. The van der Waals surface area contributed by atoms with Crippen LogP contribution in [0.15, 0.2) is 0 Å². The van der Waals surface area contributed by atoms with Crippen LogP contribution in [-0.2, 0) is 0 Å². The van der Waals surface area contributed by atoms with Gasteiger partial charge in [-0.15, -0.1) is 0 Å². The molecular weight excluding hydrogens is 123 g/mol. The van der Waals surface area contributed by atoms with Crippen molar-refractivity contribution in [2.45, 2.75) is 0 Å². The first-order chi connectivity index (χ1) is 3.72. The summed E-state index contributed by atoms with van der Waals surface area (Å²) in [5.74, 6) is 0. The highest BCUT2D eigenvalue weighted by Crippen LogP contribution is 2.00. The van der Waals surface area contributed by atoms with Crippen LogP contribution >= 0.6 is 0 Å². The minimum atomic E-state index is 0. The summed E-state index contributed by atoms with van der Waals surface area (Å²) < 4.78 is 0. The van der Waals surface area contributed by atoms with Gasteiger partial charge in [-0.2, -0.15) is 0 Å². The van der Waals surface area contributed by atoms with Crippen molar-refractivity contribution in [3.63, 3.8) is 0 Å². The highest BCUT2D eigenvalue weighted by Gasteiger charge is 2.20. The van der Waals surface area contributed by atoms with Gasteiger partial charge in [-0.3, -0.25) is 4.70 Å². The summed E-state index contributed by atoms with van der Waals surface area (Å²) in [5.41, 5.74) is 0. The maximum absolute atomic E-state index is 10.8. The average molecular weight is 134 g/mol. The highest BCUT2D eigenvalue weighted by molar-refractivity contribution is 5.75. The van der Waals surface area contributed by atoms with E-state index in [2.05, 4.69) is 0 Å². The molecule has 0 aliphatic carbocycles. The van der Waals surface area contributed by atoms with Crippen molar-refractivity contribution in [1.82, 2.24) is 9.80 Å². The van der Waals surface area contributed by atoms with Crippen LogP contribution in [0.2, 0.25) is 0 Å². The number of urea groups is 1. The van der Waals surface area contributed by atoms with Gasteiger partial charge < -0.3 is 9.80 Å². The largest absolute Gasteiger partial charge is 0.326 e. The Labute approximate surface area is 53.6 Å². The fourth-order valence-corrected chi connectivity index (χ4v) is 0.783. The molecular formula is C5H11FN2O. The summed E-state index contributed by atoms with van der Waals surface area (Å²) in [6.45, 7) is 1.74. The smallest absolute Gasteiger partial charge is 0.319 e. The van der Waals surface area contributed by atoms with Gasteiger partial charge in [0.15, 0.2) is 0 Å². The van der Waals surface area contributed by atoms with Crippen molar-refractivity contribution < 1.29 is 9.50 Å². The van der Waals surface area contributed by atoms with Crippen LogP contribution < -0.4 is 0 Å². The molecule has 1 heterocycles. The van der Waals surface area contributed by atoms with Gasteiger partial charge in [-0.1, -0.05) is 0 Å². The number of nitrogens with zero attached hydrogens (tertiary/aromatic N) is 2. The topological polar surface area (TPSA) is 23.6 Å². The molecule has 0 spiro atoms. The molecule has 3 nitrogen and oxygen atoms in total. The van der Waals surface area contributed by atoms with Gasteiger partial charge in [0.1, 0.15) is 0 Å². The van der Waals surface area contributed by atoms with Crippen LogP contribution in [0.1, 0.15) is 0 Å². The molecule has 0 N–H and O–H groups in total. The van der Waals surface area contributed by atoms with E-state index in [0.29, 0.717) is 0 Å². The Morgan fingerprint density at radius 1 is 1.22 bits per heavy atom. The zero-order valence-corrected chi connectivity index (χ0v) is 5.63. The Bertz CT molecular complexity index is 106. The summed E-state index contributed by atoms with van der Waals surface area (Å²) >= 11 is 0. The molecule has 1 fully saturated rings. The second-order valence-corrected chi connectivity index (χ2v) is 2.13. The molecule has 0 radical (unpaired) electrons. The van der Waals surface area contributed by atoms with Crippen molar-refractivity contribution in [1.29, 1.82) is 0 Å². The second-order valence-electron chi connectivity index (χ2n) is 2.13. The average Bonchev–Trinajstić information content (AvgIpc) is 1.98. The predicted molar refractivity (Wildman–Crippen MR) is 33.2 cm³/mol. The number of hydrogen-bond acceptors (Lipinski definition) is 1. The molecule has 0 unspecified atom stereocenters. The van der Waals surface area contributed by atoms with Gasteiger partial charge in [0.25, 0.3) is 0 Å². The third-order valence-corrected chi connectivity index (χ3v) is 1.42. The predicted octanol–water partition coefficient (Wildman–Crippen LogP) is 0.136. The maximum Gasteiger partial charge on any atom is 0.319 e. The molecule has 0 bridgehead atoms. The van der Waals surface area contributed by atoms with E-state index in [1.807, 2.05) is 14.1 Å². The Kier molecular flexibility index (Phi) is 2.42. The molecule has 2 amide bonds. The third-order valence-electron chi connectivity index (χ3n) is 1.42. The van der Waals surface area contributed by atoms with E-state index in [9.17, 15) is 4.79 Å². The van der Waals surface area contributed by atoms with Gasteiger partial charge in [-0.25, -0.2) is 4.79 Å².